The number of nitrogens with two attached hydrogens (primary N) is 2. The maximum atomic E-state index is 11.7. The van der Waals surface area contributed by atoms with Crippen LogP contribution in [0.15, 0.2) is 34.3 Å². The minimum atomic E-state index is -0.603. The molecule has 1 aliphatic rings. The van der Waals surface area contributed by atoms with Gasteiger partial charge in [0.15, 0.2) is 0 Å². The molecular weight excluding hydrogens is 396 g/mol. The highest BCUT2D eigenvalue weighted by Crippen LogP contribution is 2.15. The van der Waals surface area contributed by atoms with E-state index in [1.807, 2.05) is 20.8 Å². The molecule has 31 heavy (non-hydrogen) atoms. The Kier molecular flexibility index (Phi) is 16.1. The molecule has 0 unspecified atom stereocenters. The van der Waals surface area contributed by atoms with Gasteiger partial charge in [-0.1, -0.05) is 41.5 Å². The number of guanidine groups is 1. The number of benzene rings is 1. The molecule has 0 saturated carbocycles. The Balaban J connectivity index is -0.000000297. The van der Waals surface area contributed by atoms with Gasteiger partial charge in [0.2, 0.25) is 5.96 Å². The van der Waals surface area contributed by atoms with E-state index >= 15 is 0 Å². The van der Waals surface area contributed by atoms with E-state index in [9.17, 15) is 4.79 Å². The average Bonchev–Trinajstić information content (AvgIpc) is 2.70. The van der Waals surface area contributed by atoms with Crippen molar-refractivity contribution in [1.29, 1.82) is 0 Å². The Hall–Kier alpha value is -2.45. The van der Waals surface area contributed by atoms with Gasteiger partial charge in [-0.05, 0) is 49.9 Å². The van der Waals surface area contributed by atoms with Crippen LogP contribution in [0.2, 0.25) is 0 Å². The lowest BCUT2D eigenvalue weighted by molar-refractivity contribution is -0.124. The van der Waals surface area contributed by atoms with E-state index in [4.69, 9.17) is 20.9 Å². The number of amides is 1. The van der Waals surface area contributed by atoms with Crippen molar-refractivity contribution in [2.75, 3.05) is 19.8 Å². The van der Waals surface area contributed by atoms with Crippen molar-refractivity contribution < 1.29 is 22.6 Å². The predicted octanol–water partition coefficient (Wildman–Crippen LogP) is 3.80. The third-order valence-electron chi connectivity index (χ3n) is 4.06. The van der Waals surface area contributed by atoms with Gasteiger partial charge in [-0.3, -0.25) is 4.79 Å². The first-order valence-electron chi connectivity index (χ1n) is 10.7. The monoisotopic (exact) mass is 442 g/mol. The van der Waals surface area contributed by atoms with Crippen LogP contribution in [0.3, 0.4) is 0 Å². The van der Waals surface area contributed by atoms with Crippen LogP contribution in [0.5, 0.6) is 5.75 Å². The molecule has 1 fully saturated rings. The van der Waals surface area contributed by atoms with Crippen LogP contribution in [0.4, 0.5) is 0 Å². The van der Waals surface area contributed by atoms with Crippen molar-refractivity contribution in [3.8, 4) is 5.75 Å². The molecule has 0 spiro atoms. The molecule has 2 rings (SSSR count). The first-order valence-corrected chi connectivity index (χ1v) is 10.7. The van der Waals surface area contributed by atoms with Gasteiger partial charge in [-0.25, -0.2) is 0 Å². The van der Waals surface area contributed by atoms with E-state index in [0.29, 0.717) is 12.2 Å². The van der Waals surface area contributed by atoms with Gasteiger partial charge < -0.3 is 26.4 Å². The van der Waals surface area contributed by atoms with Crippen molar-refractivity contribution >= 4 is 17.7 Å². The van der Waals surface area contributed by atoms with Crippen LogP contribution in [0.1, 0.15) is 69.7 Å². The number of rotatable bonds is 3. The van der Waals surface area contributed by atoms with Gasteiger partial charge in [0, 0.05) is 27.0 Å². The van der Waals surface area contributed by atoms with Gasteiger partial charge in [0.25, 0.3) is 5.91 Å². The zero-order chi connectivity index (χ0) is 23.2. The van der Waals surface area contributed by atoms with Gasteiger partial charge in [0.05, 0.1) is 6.61 Å². The van der Waals surface area contributed by atoms with Crippen molar-refractivity contribution in [2.24, 2.45) is 32.8 Å². The largest absolute Gasteiger partial charge is 0.494 e. The van der Waals surface area contributed by atoms with E-state index in [2.05, 4.69) is 16.9 Å². The summed E-state index contributed by atoms with van der Waals surface area (Å²) in [6, 6.07) is 7.11. The fourth-order valence-corrected chi connectivity index (χ4v) is 2.19. The molecule has 1 aromatic carbocycles. The van der Waals surface area contributed by atoms with Crippen LogP contribution in [-0.2, 0) is 9.53 Å². The molecule has 8 nitrogen and oxygen atoms in total. The SMILES string of the molecule is CC.CC1CCOCC1.CCOc1ccc(/C(N)=N/C(N)=NC(=O)C(C)(C)C)cc1.O.[HH].[HH]. The molecule has 0 bridgehead atoms. The first-order chi connectivity index (χ1) is 14.1. The molecular formula is C23H46N4O4. The predicted molar refractivity (Wildman–Crippen MR) is 133 cm³/mol. The number of aliphatic imine (C=N–C) groups is 2. The summed E-state index contributed by atoms with van der Waals surface area (Å²) in [6.07, 6.45) is 2.53. The molecule has 1 amide bonds. The smallest absolute Gasteiger partial charge is 0.254 e. The quantitative estimate of drug-likeness (QED) is 0.540. The molecule has 0 atom stereocenters. The highest BCUT2D eigenvalue weighted by Gasteiger charge is 2.20. The number of carbonyl (C=O) groups is 1. The second-order valence-corrected chi connectivity index (χ2v) is 7.77. The zero-order valence-electron chi connectivity index (χ0n) is 20.2. The second kappa shape index (κ2) is 16.3. The molecule has 182 valence electrons. The lowest BCUT2D eigenvalue weighted by Gasteiger charge is -2.16. The Labute approximate surface area is 190 Å². The van der Waals surface area contributed by atoms with Crippen molar-refractivity contribution in [1.82, 2.24) is 0 Å². The number of hydrogen-bond acceptors (Lipinski definition) is 3. The molecule has 8 heteroatoms. The molecule has 6 N–H and O–H groups in total. The summed E-state index contributed by atoms with van der Waals surface area (Å²) in [5.41, 5.74) is 11.5. The van der Waals surface area contributed by atoms with Crippen molar-refractivity contribution in [3.63, 3.8) is 0 Å². The van der Waals surface area contributed by atoms with E-state index in [-0.39, 0.29) is 26.0 Å². The van der Waals surface area contributed by atoms with Gasteiger partial charge >= 0.3 is 0 Å². The van der Waals surface area contributed by atoms with Crippen LogP contribution in [-0.4, -0.2) is 43.0 Å². The van der Waals surface area contributed by atoms with Crippen LogP contribution < -0.4 is 16.2 Å². The lowest BCUT2D eigenvalue weighted by Crippen LogP contribution is -2.24. The summed E-state index contributed by atoms with van der Waals surface area (Å²) < 4.78 is 10.5. The summed E-state index contributed by atoms with van der Waals surface area (Å²) in [4.78, 5) is 19.4. The standard InChI is InChI=1S/C15H22N4O2.C6H12O.C2H6.H2O.2H2/c1-5-21-11-8-6-10(7-9-11)12(16)18-14(17)19-13(20)15(2,3)4;1-6-2-4-7-5-3-6;1-2;;;/h6-9H,5H2,1-4H3,(H4,16,17,18,19,20);6H,2-5H2,1H3;1-2H3;1H2;2*1H. The van der Waals surface area contributed by atoms with Crippen LogP contribution >= 0.6 is 0 Å². The summed E-state index contributed by atoms with van der Waals surface area (Å²) in [5.74, 6) is 1.36. The number of amidine groups is 1. The van der Waals surface area contributed by atoms with Gasteiger partial charge in [-0.15, -0.1) is 0 Å². The third-order valence-corrected chi connectivity index (χ3v) is 4.06. The summed E-state index contributed by atoms with van der Waals surface area (Å²) in [5, 5.41) is 0. The Morgan fingerprint density at radius 3 is 2.03 bits per heavy atom. The van der Waals surface area contributed by atoms with E-state index in [0.717, 1.165) is 24.9 Å². The third kappa shape index (κ3) is 13.5. The summed E-state index contributed by atoms with van der Waals surface area (Å²) in [6.45, 7) is 16.0. The highest BCUT2D eigenvalue weighted by molar-refractivity contribution is 6.06. The van der Waals surface area contributed by atoms with Crippen LogP contribution in [0, 0.1) is 11.3 Å². The van der Waals surface area contributed by atoms with Gasteiger partial charge in [-0.2, -0.15) is 9.98 Å². The number of carbonyl (C=O) groups excluding carboxylic acids is 1. The lowest BCUT2D eigenvalue weighted by atomic mass is 9.96. The van der Waals surface area contributed by atoms with Crippen molar-refractivity contribution in [2.45, 2.75) is 61.3 Å². The summed E-state index contributed by atoms with van der Waals surface area (Å²) >= 11 is 0. The van der Waals surface area contributed by atoms with Gasteiger partial charge in [0.1, 0.15) is 11.6 Å². The minimum absolute atomic E-state index is 0. The molecule has 1 aliphatic heterocycles. The first kappa shape index (κ1) is 30.7. The molecule has 1 saturated heterocycles. The normalized spacial score (nSPS) is 14.8. The molecule has 0 radical (unpaired) electrons. The minimum Gasteiger partial charge on any atom is -0.494 e. The Morgan fingerprint density at radius 2 is 1.65 bits per heavy atom. The summed E-state index contributed by atoms with van der Waals surface area (Å²) in [7, 11) is 0. The fourth-order valence-electron chi connectivity index (χ4n) is 2.19. The zero-order valence-corrected chi connectivity index (χ0v) is 20.2. The number of nitrogens with zero attached hydrogens (tertiary/aromatic N) is 2. The van der Waals surface area contributed by atoms with E-state index < -0.39 is 5.41 Å². The fraction of sp³-hybridized carbons (Fsp3) is 0.609. The number of ether oxygens (including phenoxy) is 2. The maximum absolute atomic E-state index is 11.7. The van der Waals surface area contributed by atoms with Crippen molar-refractivity contribution in [3.05, 3.63) is 29.8 Å². The van der Waals surface area contributed by atoms with Crippen LogP contribution in [0.25, 0.3) is 0 Å². The maximum Gasteiger partial charge on any atom is 0.254 e. The molecule has 1 aromatic rings. The Morgan fingerprint density at radius 1 is 1.13 bits per heavy atom. The Bertz CT molecular complexity index is 685. The number of hydrogen-bond donors (Lipinski definition) is 2. The topological polar surface area (TPSA) is 144 Å². The van der Waals surface area contributed by atoms with E-state index in [1.165, 1.54) is 12.8 Å². The highest BCUT2D eigenvalue weighted by atomic mass is 16.5. The van der Waals surface area contributed by atoms with E-state index in [1.54, 1.807) is 45.0 Å². The average molecular weight is 443 g/mol. The molecule has 1 heterocycles. The molecule has 0 aromatic heterocycles. The molecule has 0 aliphatic carbocycles. The second-order valence-electron chi connectivity index (χ2n) is 7.77.